The maximum atomic E-state index is 12.4. The van der Waals surface area contributed by atoms with Crippen LogP contribution in [0.1, 0.15) is 12.3 Å². The molecule has 0 aliphatic carbocycles. The van der Waals surface area contributed by atoms with Crippen LogP contribution in [0.4, 0.5) is 5.69 Å². The van der Waals surface area contributed by atoms with Gasteiger partial charge in [0.2, 0.25) is 5.91 Å². The van der Waals surface area contributed by atoms with E-state index in [1.165, 1.54) is 6.33 Å². The van der Waals surface area contributed by atoms with Gasteiger partial charge in [-0.2, -0.15) is 5.10 Å². The summed E-state index contributed by atoms with van der Waals surface area (Å²) in [6, 6.07) is 12.4. The third-order valence-electron chi connectivity index (χ3n) is 4.15. The van der Waals surface area contributed by atoms with Gasteiger partial charge in [-0.15, -0.1) is 0 Å². The summed E-state index contributed by atoms with van der Waals surface area (Å²) in [7, 11) is 0. The number of nitrogens with zero attached hydrogens (tertiary/aromatic N) is 4. The number of carbonyl (C=O) groups excluding carboxylic acids is 1. The molecule has 4 aromatic rings. The largest absolute Gasteiger partial charge is 0.441 e. The molecule has 0 aliphatic heterocycles. The van der Waals surface area contributed by atoms with Crippen LogP contribution in [-0.2, 0) is 11.2 Å². The zero-order valence-electron chi connectivity index (χ0n) is 15.0. The van der Waals surface area contributed by atoms with E-state index in [9.17, 15) is 4.79 Å². The van der Waals surface area contributed by atoms with Gasteiger partial charge in [-0.1, -0.05) is 23.2 Å². The van der Waals surface area contributed by atoms with E-state index < -0.39 is 0 Å². The van der Waals surface area contributed by atoms with E-state index >= 15 is 0 Å². The van der Waals surface area contributed by atoms with E-state index in [2.05, 4.69) is 20.4 Å². The molecular formula is C20H15Cl2N5O2. The Labute approximate surface area is 176 Å². The maximum Gasteiger partial charge on any atom is 0.224 e. The van der Waals surface area contributed by atoms with E-state index in [4.69, 9.17) is 27.6 Å². The highest BCUT2D eigenvalue weighted by Crippen LogP contribution is 2.25. The number of aromatic nitrogens is 4. The van der Waals surface area contributed by atoms with Crippen LogP contribution < -0.4 is 5.32 Å². The summed E-state index contributed by atoms with van der Waals surface area (Å²) in [6.07, 6.45) is 5.16. The number of oxazole rings is 1. The Morgan fingerprint density at radius 3 is 2.66 bits per heavy atom. The second-order valence-electron chi connectivity index (χ2n) is 6.17. The van der Waals surface area contributed by atoms with Crippen LogP contribution >= 0.6 is 23.2 Å². The Morgan fingerprint density at radius 2 is 1.90 bits per heavy atom. The molecule has 2 heterocycles. The minimum Gasteiger partial charge on any atom is -0.441 e. The first-order valence-corrected chi connectivity index (χ1v) is 9.49. The number of hydrogen-bond acceptors (Lipinski definition) is 5. The van der Waals surface area contributed by atoms with Gasteiger partial charge in [-0.3, -0.25) is 4.79 Å². The third-order valence-corrected chi connectivity index (χ3v) is 4.63. The lowest BCUT2D eigenvalue weighted by Gasteiger charge is -2.11. The fourth-order valence-corrected chi connectivity index (χ4v) is 3.05. The van der Waals surface area contributed by atoms with Gasteiger partial charge in [-0.25, -0.2) is 14.6 Å². The van der Waals surface area contributed by atoms with Gasteiger partial charge in [0.15, 0.2) is 11.7 Å². The van der Waals surface area contributed by atoms with Crippen molar-refractivity contribution in [2.75, 3.05) is 5.32 Å². The topological polar surface area (TPSA) is 85.8 Å². The van der Waals surface area contributed by atoms with E-state index in [-0.39, 0.29) is 12.3 Å². The molecule has 0 aliphatic rings. The number of amides is 1. The molecule has 0 bridgehead atoms. The minimum atomic E-state index is -0.195. The van der Waals surface area contributed by atoms with E-state index in [0.717, 1.165) is 5.56 Å². The number of benzene rings is 2. The first-order chi connectivity index (χ1) is 14.1. The average Bonchev–Trinajstić information content (AvgIpc) is 3.39. The third kappa shape index (κ3) is 4.64. The molecule has 0 saturated heterocycles. The number of anilines is 1. The number of nitrogens with one attached hydrogen (secondary N) is 1. The summed E-state index contributed by atoms with van der Waals surface area (Å²) < 4.78 is 7.29. The Bertz CT molecular complexity index is 1120. The van der Waals surface area contributed by atoms with Crippen LogP contribution in [0.3, 0.4) is 0 Å². The summed E-state index contributed by atoms with van der Waals surface area (Å²) in [6.45, 7) is 0. The second kappa shape index (κ2) is 8.46. The van der Waals surface area contributed by atoms with Crippen molar-refractivity contribution in [1.82, 2.24) is 19.7 Å². The summed E-state index contributed by atoms with van der Waals surface area (Å²) >= 11 is 12.0. The minimum absolute atomic E-state index is 0.195. The van der Waals surface area contributed by atoms with Crippen LogP contribution in [0.15, 0.2) is 65.7 Å². The maximum absolute atomic E-state index is 12.4. The molecular weight excluding hydrogens is 413 g/mol. The van der Waals surface area contributed by atoms with Gasteiger partial charge in [0.1, 0.15) is 12.7 Å². The molecule has 0 radical (unpaired) electrons. The fraction of sp³-hybridized carbons (Fsp3) is 0.100. The molecule has 29 heavy (non-hydrogen) atoms. The highest BCUT2D eigenvalue weighted by molar-refractivity contribution is 6.31. The summed E-state index contributed by atoms with van der Waals surface area (Å²) in [5.74, 6) is 0.910. The smallest absolute Gasteiger partial charge is 0.224 e. The number of halogens is 2. The van der Waals surface area contributed by atoms with Crippen molar-refractivity contribution in [3.05, 3.63) is 77.3 Å². The molecule has 9 heteroatoms. The Kier molecular flexibility index (Phi) is 5.59. The van der Waals surface area contributed by atoms with Crippen LogP contribution in [0.25, 0.3) is 17.0 Å². The first-order valence-electron chi connectivity index (χ1n) is 8.73. The van der Waals surface area contributed by atoms with Crippen molar-refractivity contribution >= 4 is 34.8 Å². The lowest BCUT2D eigenvalue weighted by atomic mass is 10.2. The molecule has 0 atom stereocenters. The summed E-state index contributed by atoms with van der Waals surface area (Å²) in [4.78, 5) is 20.6. The van der Waals surface area contributed by atoms with Crippen LogP contribution in [0, 0.1) is 0 Å². The zero-order chi connectivity index (χ0) is 20.2. The quantitative estimate of drug-likeness (QED) is 0.477. The first kappa shape index (κ1) is 19.2. The van der Waals surface area contributed by atoms with Crippen molar-refractivity contribution in [1.29, 1.82) is 0 Å². The molecule has 0 spiro atoms. The molecule has 146 valence electrons. The number of aryl methyl sites for hydroxylation is 1. The normalized spacial score (nSPS) is 10.8. The van der Waals surface area contributed by atoms with Crippen LogP contribution in [-0.4, -0.2) is 25.7 Å². The molecule has 2 aromatic heterocycles. The molecule has 4 rings (SSSR count). The van der Waals surface area contributed by atoms with Gasteiger partial charge in [-0.05, 0) is 42.5 Å². The average molecular weight is 428 g/mol. The second-order valence-corrected chi connectivity index (χ2v) is 7.05. The number of carbonyl (C=O) groups is 1. The van der Waals surface area contributed by atoms with Crippen molar-refractivity contribution in [3.63, 3.8) is 0 Å². The molecule has 0 fully saturated rings. The Morgan fingerprint density at radius 1 is 1.10 bits per heavy atom. The van der Waals surface area contributed by atoms with Gasteiger partial charge in [0.25, 0.3) is 0 Å². The summed E-state index contributed by atoms with van der Waals surface area (Å²) in [5.41, 5.74) is 2.08. The molecule has 0 unspecified atom stereocenters. The molecule has 7 nitrogen and oxygen atoms in total. The van der Waals surface area contributed by atoms with Gasteiger partial charge in [0, 0.05) is 28.5 Å². The molecule has 0 saturated carbocycles. The lowest BCUT2D eigenvalue weighted by molar-refractivity contribution is -0.116. The monoisotopic (exact) mass is 427 g/mol. The predicted octanol–water partition coefficient (Wildman–Crippen LogP) is 4.80. The zero-order valence-corrected chi connectivity index (χ0v) is 16.6. The van der Waals surface area contributed by atoms with E-state index in [1.807, 2.05) is 12.1 Å². The number of hydrogen-bond donors (Lipinski definition) is 1. The Balaban J connectivity index is 1.41. The molecule has 1 amide bonds. The predicted molar refractivity (Wildman–Crippen MR) is 110 cm³/mol. The van der Waals surface area contributed by atoms with Crippen LogP contribution in [0.2, 0.25) is 10.0 Å². The van der Waals surface area contributed by atoms with Crippen molar-refractivity contribution in [2.45, 2.75) is 12.8 Å². The highest BCUT2D eigenvalue weighted by Gasteiger charge is 2.12. The van der Waals surface area contributed by atoms with Crippen molar-refractivity contribution in [3.8, 4) is 17.0 Å². The number of rotatable bonds is 6. The summed E-state index contributed by atoms with van der Waals surface area (Å²) in [5, 5.41) is 8.10. The fourth-order valence-electron chi connectivity index (χ4n) is 2.75. The van der Waals surface area contributed by atoms with Gasteiger partial charge < -0.3 is 9.73 Å². The standard InChI is InChI=1S/C20H15Cl2N5O2/c21-14-3-1-13(2-4-14)18-10-24-20(29-18)8-7-19(28)26-16-9-15(22)5-6-17(16)27-12-23-11-25-27/h1-6,9-12H,7-8H2,(H,26,28). The molecule has 2 aromatic carbocycles. The van der Waals surface area contributed by atoms with Crippen LogP contribution in [0.5, 0.6) is 0 Å². The Hall–Kier alpha value is -3.16. The van der Waals surface area contributed by atoms with Crippen molar-refractivity contribution in [2.24, 2.45) is 0 Å². The van der Waals surface area contributed by atoms with Gasteiger partial charge in [0.05, 0.1) is 17.6 Å². The SMILES string of the molecule is O=C(CCc1ncc(-c2ccc(Cl)cc2)o1)Nc1cc(Cl)ccc1-n1cncn1. The van der Waals surface area contributed by atoms with Gasteiger partial charge >= 0.3 is 0 Å². The van der Waals surface area contributed by atoms with E-state index in [0.29, 0.717) is 39.5 Å². The van der Waals surface area contributed by atoms with E-state index in [1.54, 1.807) is 47.5 Å². The van der Waals surface area contributed by atoms with Crippen molar-refractivity contribution < 1.29 is 9.21 Å². The lowest BCUT2D eigenvalue weighted by Crippen LogP contribution is -2.14. The molecule has 1 N–H and O–H groups in total. The highest BCUT2D eigenvalue weighted by atomic mass is 35.5.